The van der Waals surface area contributed by atoms with E-state index in [1.807, 2.05) is 24.3 Å². The molecule has 1 aromatic heterocycles. The van der Waals surface area contributed by atoms with Gasteiger partial charge in [0.1, 0.15) is 18.1 Å². The lowest BCUT2D eigenvalue weighted by Gasteiger charge is -2.07. The second kappa shape index (κ2) is 7.21. The fourth-order valence-corrected chi connectivity index (χ4v) is 2.67. The van der Waals surface area contributed by atoms with E-state index in [4.69, 9.17) is 4.74 Å². The van der Waals surface area contributed by atoms with E-state index in [0.717, 1.165) is 11.3 Å². The molecule has 0 fully saturated rings. The van der Waals surface area contributed by atoms with Gasteiger partial charge >= 0.3 is 5.69 Å². The topological polar surface area (TPSA) is 76.1 Å². The van der Waals surface area contributed by atoms with Crippen LogP contribution in [0.3, 0.4) is 0 Å². The van der Waals surface area contributed by atoms with Gasteiger partial charge in [-0.2, -0.15) is 0 Å². The number of fused-ring (bicyclic) bond motifs is 1. The Hall–Kier alpha value is -3.09. The van der Waals surface area contributed by atoms with E-state index in [0.29, 0.717) is 24.0 Å². The van der Waals surface area contributed by atoms with Gasteiger partial charge in [-0.1, -0.05) is 12.1 Å². The zero-order chi connectivity index (χ0) is 17.8. The van der Waals surface area contributed by atoms with Crippen LogP contribution >= 0.6 is 0 Å². The first-order chi connectivity index (χ1) is 12.1. The van der Waals surface area contributed by atoms with Gasteiger partial charge in [0.05, 0.1) is 18.1 Å². The Morgan fingerprint density at radius 1 is 1.28 bits per heavy atom. The van der Waals surface area contributed by atoms with Crippen LogP contribution in [0.25, 0.3) is 11.0 Å². The number of methoxy groups -OCH3 is 1. The van der Waals surface area contributed by atoms with E-state index in [9.17, 15) is 14.0 Å². The van der Waals surface area contributed by atoms with Gasteiger partial charge in [0.2, 0.25) is 5.91 Å². The number of imidazole rings is 1. The molecular formula is C18H18FN3O3. The smallest absolute Gasteiger partial charge is 0.326 e. The minimum absolute atomic E-state index is 0.122. The number of ether oxygens (including phenoxy) is 1. The van der Waals surface area contributed by atoms with Gasteiger partial charge in [-0.3, -0.25) is 9.36 Å². The summed E-state index contributed by atoms with van der Waals surface area (Å²) in [5.74, 6) is 0.0419. The average molecular weight is 343 g/mol. The zero-order valence-electron chi connectivity index (χ0n) is 13.7. The van der Waals surface area contributed by atoms with Crippen molar-refractivity contribution in [2.45, 2.75) is 13.0 Å². The van der Waals surface area contributed by atoms with E-state index in [-0.39, 0.29) is 12.5 Å². The third-order valence-electron chi connectivity index (χ3n) is 3.91. The summed E-state index contributed by atoms with van der Waals surface area (Å²) in [5.41, 5.74) is 1.46. The van der Waals surface area contributed by atoms with E-state index in [1.54, 1.807) is 7.11 Å². The number of halogens is 1. The highest BCUT2D eigenvalue weighted by Gasteiger charge is 2.11. The highest BCUT2D eigenvalue weighted by Crippen LogP contribution is 2.13. The van der Waals surface area contributed by atoms with Crippen LogP contribution in [0.1, 0.15) is 5.56 Å². The number of nitrogens with one attached hydrogen (secondary N) is 2. The number of rotatable bonds is 6. The summed E-state index contributed by atoms with van der Waals surface area (Å²) < 4.78 is 19.6. The second-order valence-corrected chi connectivity index (χ2v) is 5.63. The Morgan fingerprint density at radius 3 is 2.92 bits per heavy atom. The molecular weight excluding hydrogens is 325 g/mol. The van der Waals surface area contributed by atoms with Gasteiger partial charge in [-0.15, -0.1) is 0 Å². The molecule has 0 atom stereocenters. The molecule has 25 heavy (non-hydrogen) atoms. The second-order valence-electron chi connectivity index (χ2n) is 5.63. The van der Waals surface area contributed by atoms with Crippen molar-refractivity contribution in [1.82, 2.24) is 14.9 Å². The van der Waals surface area contributed by atoms with Crippen molar-refractivity contribution in [3.05, 3.63) is 64.3 Å². The molecule has 0 aliphatic carbocycles. The fraction of sp³-hybridized carbons (Fsp3) is 0.222. The Bertz CT molecular complexity index is 962. The van der Waals surface area contributed by atoms with Gasteiger partial charge in [0.15, 0.2) is 0 Å². The summed E-state index contributed by atoms with van der Waals surface area (Å²) in [7, 11) is 1.60. The highest BCUT2D eigenvalue weighted by molar-refractivity contribution is 5.80. The first kappa shape index (κ1) is 16.8. The number of nitrogens with zero attached hydrogens (tertiary/aromatic N) is 1. The summed E-state index contributed by atoms with van der Waals surface area (Å²) >= 11 is 0. The minimum atomic E-state index is -0.441. The third kappa shape index (κ3) is 3.88. The summed E-state index contributed by atoms with van der Waals surface area (Å²) in [4.78, 5) is 26.6. The standard InChI is InChI=1S/C18H18FN3O3/c1-25-14-4-2-3-12(9-14)7-8-20-17(23)11-22-16-6-5-13(19)10-15(16)21-18(22)24/h2-6,9-10H,7-8,11H2,1H3,(H,20,23)(H,21,24). The lowest BCUT2D eigenvalue weighted by Crippen LogP contribution is -2.32. The van der Waals surface area contributed by atoms with E-state index >= 15 is 0 Å². The van der Waals surface area contributed by atoms with Gasteiger partial charge in [-0.05, 0) is 42.3 Å². The van der Waals surface area contributed by atoms with Crippen molar-refractivity contribution >= 4 is 16.9 Å². The number of hydrogen-bond acceptors (Lipinski definition) is 3. The average Bonchev–Trinajstić information content (AvgIpc) is 2.89. The van der Waals surface area contributed by atoms with Crippen molar-refractivity contribution in [2.75, 3.05) is 13.7 Å². The van der Waals surface area contributed by atoms with Crippen LogP contribution in [0, 0.1) is 5.82 Å². The number of H-pyrrole nitrogens is 1. The molecule has 0 spiro atoms. The Kier molecular flexibility index (Phi) is 4.83. The van der Waals surface area contributed by atoms with Gasteiger partial charge in [0, 0.05) is 6.54 Å². The molecule has 1 heterocycles. The van der Waals surface area contributed by atoms with Crippen LogP contribution in [0.4, 0.5) is 4.39 Å². The van der Waals surface area contributed by atoms with Gasteiger partial charge in [0.25, 0.3) is 0 Å². The maximum absolute atomic E-state index is 13.2. The number of carbonyl (C=O) groups is 1. The molecule has 2 N–H and O–H groups in total. The lowest BCUT2D eigenvalue weighted by atomic mass is 10.1. The Morgan fingerprint density at radius 2 is 2.12 bits per heavy atom. The van der Waals surface area contributed by atoms with Crippen LogP contribution in [0.15, 0.2) is 47.3 Å². The van der Waals surface area contributed by atoms with Crippen LogP contribution in [-0.2, 0) is 17.8 Å². The number of hydrogen-bond donors (Lipinski definition) is 2. The van der Waals surface area contributed by atoms with Crippen LogP contribution in [0.2, 0.25) is 0 Å². The van der Waals surface area contributed by atoms with E-state index < -0.39 is 11.5 Å². The highest BCUT2D eigenvalue weighted by atomic mass is 19.1. The van der Waals surface area contributed by atoms with Crippen molar-refractivity contribution in [3.63, 3.8) is 0 Å². The molecule has 7 heteroatoms. The van der Waals surface area contributed by atoms with Crippen molar-refractivity contribution in [1.29, 1.82) is 0 Å². The SMILES string of the molecule is COc1cccc(CCNC(=O)Cn2c(=O)[nH]c3cc(F)ccc32)c1. The minimum Gasteiger partial charge on any atom is -0.497 e. The summed E-state index contributed by atoms with van der Waals surface area (Å²) in [6.07, 6.45) is 0.650. The van der Waals surface area contributed by atoms with Crippen LogP contribution in [0.5, 0.6) is 5.75 Å². The Balaban J connectivity index is 1.61. The molecule has 0 saturated carbocycles. The Labute approximate surface area is 143 Å². The van der Waals surface area contributed by atoms with Crippen LogP contribution in [-0.4, -0.2) is 29.1 Å². The van der Waals surface area contributed by atoms with Gasteiger partial charge < -0.3 is 15.0 Å². The number of amides is 1. The number of aromatic amines is 1. The zero-order valence-corrected chi connectivity index (χ0v) is 13.7. The molecule has 0 radical (unpaired) electrons. The molecule has 3 aromatic rings. The quantitative estimate of drug-likeness (QED) is 0.717. The monoisotopic (exact) mass is 343 g/mol. The number of aromatic nitrogens is 2. The van der Waals surface area contributed by atoms with E-state index in [2.05, 4.69) is 10.3 Å². The molecule has 0 aliphatic rings. The molecule has 0 unspecified atom stereocenters. The molecule has 1 amide bonds. The molecule has 0 saturated heterocycles. The molecule has 2 aromatic carbocycles. The van der Waals surface area contributed by atoms with Crippen molar-refractivity contribution in [2.24, 2.45) is 0 Å². The van der Waals surface area contributed by atoms with E-state index in [1.165, 1.54) is 22.8 Å². The molecule has 6 nitrogen and oxygen atoms in total. The molecule has 0 bridgehead atoms. The normalized spacial score (nSPS) is 10.8. The number of carbonyl (C=O) groups excluding carboxylic acids is 1. The summed E-state index contributed by atoms with van der Waals surface area (Å²) in [6.45, 7) is 0.320. The first-order valence-electron chi connectivity index (χ1n) is 7.84. The summed E-state index contributed by atoms with van der Waals surface area (Å²) in [6, 6.07) is 11.6. The third-order valence-corrected chi connectivity index (χ3v) is 3.91. The van der Waals surface area contributed by atoms with Crippen molar-refractivity contribution < 1.29 is 13.9 Å². The summed E-state index contributed by atoms with van der Waals surface area (Å²) in [5, 5.41) is 2.78. The van der Waals surface area contributed by atoms with Crippen molar-refractivity contribution in [3.8, 4) is 5.75 Å². The molecule has 130 valence electrons. The van der Waals surface area contributed by atoms with Gasteiger partial charge in [-0.25, -0.2) is 9.18 Å². The largest absolute Gasteiger partial charge is 0.497 e. The van der Waals surface area contributed by atoms with Crippen LogP contribution < -0.4 is 15.7 Å². The molecule has 0 aliphatic heterocycles. The number of benzene rings is 2. The fourth-order valence-electron chi connectivity index (χ4n) is 2.67. The first-order valence-corrected chi connectivity index (χ1v) is 7.84. The maximum Gasteiger partial charge on any atom is 0.326 e. The predicted molar refractivity (Wildman–Crippen MR) is 92.2 cm³/mol. The maximum atomic E-state index is 13.2. The molecule has 3 rings (SSSR count). The predicted octanol–water partition coefficient (Wildman–Crippen LogP) is 1.84. The lowest BCUT2D eigenvalue weighted by molar-refractivity contribution is -0.121.